The Morgan fingerprint density at radius 1 is 1.24 bits per heavy atom. The second kappa shape index (κ2) is 13.2. The van der Waals surface area contributed by atoms with Crippen molar-refractivity contribution in [3.63, 3.8) is 0 Å². The van der Waals surface area contributed by atoms with E-state index in [0.29, 0.717) is 11.8 Å². The van der Waals surface area contributed by atoms with Gasteiger partial charge in [0.1, 0.15) is 5.75 Å². The zero-order valence-electron chi connectivity index (χ0n) is 21.0. The SMILES string of the molecule is CN=C(NCC1CCN(Cc2ccc(OC)cc2)CC1)N(C)Cc1cn(C)nc1C(C)C.I. The fourth-order valence-corrected chi connectivity index (χ4v) is 4.45. The van der Waals surface area contributed by atoms with E-state index in [2.05, 4.69) is 64.4 Å². The van der Waals surface area contributed by atoms with Crippen LogP contribution in [0.1, 0.15) is 49.4 Å². The number of rotatable bonds is 8. The van der Waals surface area contributed by atoms with Crippen LogP contribution in [0.3, 0.4) is 0 Å². The maximum absolute atomic E-state index is 5.26. The van der Waals surface area contributed by atoms with Crippen molar-refractivity contribution in [1.82, 2.24) is 24.9 Å². The number of aryl methyl sites for hydroxylation is 1. The Kier molecular flexibility index (Phi) is 11.0. The summed E-state index contributed by atoms with van der Waals surface area (Å²) < 4.78 is 7.17. The Balaban J connectivity index is 0.00000385. The van der Waals surface area contributed by atoms with Gasteiger partial charge in [-0.1, -0.05) is 26.0 Å². The standard InChI is InChI=1S/C25H40N6O.HI/c1-19(2)24-22(18-30(5)28-24)17-29(4)25(26-3)27-15-20-11-13-31(14-12-20)16-21-7-9-23(32-6)10-8-21;/h7-10,18-20H,11-17H2,1-6H3,(H,26,27);1H. The molecule has 0 amide bonds. The number of nitrogens with zero attached hydrogens (tertiary/aromatic N) is 5. The number of benzene rings is 1. The third-order valence-corrected chi connectivity index (χ3v) is 6.29. The number of hydrogen-bond donors (Lipinski definition) is 1. The first-order valence-electron chi connectivity index (χ1n) is 11.7. The molecule has 8 heteroatoms. The molecule has 0 aliphatic carbocycles. The van der Waals surface area contributed by atoms with Crippen LogP contribution in [0.2, 0.25) is 0 Å². The average Bonchev–Trinajstić information content (AvgIpc) is 3.16. The van der Waals surface area contributed by atoms with Crippen LogP contribution in [-0.4, -0.2) is 66.4 Å². The number of methoxy groups -OCH3 is 1. The molecule has 184 valence electrons. The van der Waals surface area contributed by atoms with Gasteiger partial charge >= 0.3 is 0 Å². The Morgan fingerprint density at radius 2 is 1.91 bits per heavy atom. The summed E-state index contributed by atoms with van der Waals surface area (Å²) in [6.07, 6.45) is 4.55. The summed E-state index contributed by atoms with van der Waals surface area (Å²) in [5, 5.41) is 8.24. The molecule has 1 saturated heterocycles. The minimum absolute atomic E-state index is 0. The summed E-state index contributed by atoms with van der Waals surface area (Å²) in [5.41, 5.74) is 3.78. The fourth-order valence-electron chi connectivity index (χ4n) is 4.45. The highest BCUT2D eigenvalue weighted by Crippen LogP contribution is 2.21. The summed E-state index contributed by atoms with van der Waals surface area (Å²) in [4.78, 5) is 9.27. The first-order valence-corrected chi connectivity index (χ1v) is 11.7. The summed E-state index contributed by atoms with van der Waals surface area (Å²) in [6.45, 7) is 9.46. The lowest BCUT2D eigenvalue weighted by Gasteiger charge is -2.33. The second-order valence-corrected chi connectivity index (χ2v) is 9.22. The van der Waals surface area contributed by atoms with Gasteiger partial charge in [0.05, 0.1) is 12.8 Å². The van der Waals surface area contributed by atoms with E-state index in [0.717, 1.165) is 44.4 Å². The quantitative estimate of drug-likeness (QED) is 0.296. The minimum Gasteiger partial charge on any atom is -0.497 e. The van der Waals surface area contributed by atoms with Crippen molar-refractivity contribution in [2.75, 3.05) is 40.8 Å². The monoisotopic (exact) mass is 568 g/mol. The molecule has 0 atom stereocenters. The van der Waals surface area contributed by atoms with Gasteiger partial charge < -0.3 is 15.0 Å². The van der Waals surface area contributed by atoms with Gasteiger partial charge in [-0.2, -0.15) is 5.10 Å². The maximum atomic E-state index is 5.26. The number of aromatic nitrogens is 2. The van der Waals surface area contributed by atoms with Crippen molar-refractivity contribution < 1.29 is 4.74 Å². The van der Waals surface area contributed by atoms with Crippen LogP contribution >= 0.6 is 24.0 Å². The lowest BCUT2D eigenvalue weighted by molar-refractivity contribution is 0.177. The van der Waals surface area contributed by atoms with Crippen molar-refractivity contribution in [3.8, 4) is 5.75 Å². The molecule has 0 spiro atoms. The van der Waals surface area contributed by atoms with Crippen LogP contribution in [0.15, 0.2) is 35.5 Å². The lowest BCUT2D eigenvalue weighted by Crippen LogP contribution is -2.43. The number of guanidine groups is 1. The number of nitrogens with one attached hydrogen (secondary N) is 1. The Bertz CT molecular complexity index is 872. The predicted octanol–water partition coefficient (Wildman–Crippen LogP) is 4.09. The van der Waals surface area contributed by atoms with Gasteiger partial charge in [0.25, 0.3) is 0 Å². The van der Waals surface area contributed by atoms with Crippen LogP contribution in [0.5, 0.6) is 5.75 Å². The molecule has 1 N–H and O–H groups in total. The normalized spacial score (nSPS) is 15.4. The summed E-state index contributed by atoms with van der Waals surface area (Å²) in [5.74, 6) is 2.96. The van der Waals surface area contributed by atoms with Gasteiger partial charge in [0.15, 0.2) is 5.96 Å². The third kappa shape index (κ3) is 7.88. The van der Waals surface area contributed by atoms with Crippen LogP contribution in [0.25, 0.3) is 0 Å². The molecule has 1 fully saturated rings. The first-order chi connectivity index (χ1) is 15.4. The summed E-state index contributed by atoms with van der Waals surface area (Å²) >= 11 is 0. The van der Waals surface area contributed by atoms with Gasteiger partial charge in [-0.15, -0.1) is 24.0 Å². The van der Waals surface area contributed by atoms with Gasteiger partial charge in [-0.25, -0.2) is 0 Å². The van der Waals surface area contributed by atoms with Crippen molar-refractivity contribution >= 4 is 29.9 Å². The maximum Gasteiger partial charge on any atom is 0.193 e. The molecule has 0 saturated carbocycles. The number of hydrogen-bond acceptors (Lipinski definition) is 4. The van der Waals surface area contributed by atoms with E-state index < -0.39 is 0 Å². The summed E-state index contributed by atoms with van der Waals surface area (Å²) in [6, 6.07) is 8.42. The van der Waals surface area contributed by atoms with Crippen molar-refractivity contribution in [3.05, 3.63) is 47.3 Å². The largest absolute Gasteiger partial charge is 0.497 e. The number of halogens is 1. The molecule has 0 bridgehead atoms. The van der Waals surface area contributed by atoms with Gasteiger partial charge in [-0.05, 0) is 55.5 Å². The zero-order chi connectivity index (χ0) is 23.1. The number of piperidine rings is 1. The smallest absolute Gasteiger partial charge is 0.193 e. The molecule has 1 aromatic heterocycles. The highest BCUT2D eigenvalue weighted by Gasteiger charge is 2.21. The number of ether oxygens (including phenoxy) is 1. The van der Waals surface area contributed by atoms with Gasteiger partial charge in [0, 0.05) is 52.5 Å². The average molecular weight is 569 g/mol. The molecule has 33 heavy (non-hydrogen) atoms. The van der Waals surface area contributed by atoms with Crippen LogP contribution in [0, 0.1) is 5.92 Å². The lowest BCUT2D eigenvalue weighted by atomic mass is 9.96. The van der Waals surface area contributed by atoms with E-state index in [-0.39, 0.29) is 24.0 Å². The third-order valence-electron chi connectivity index (χ3n) is 6.29. The van der Waals surface area contributed by atoms with Crippen LogP contribution in [0.4, 0.5) is 0 Å². The van der Waals surface area contributed by atoms with E-state index in [4.69, 9.17) is 4.74 Å². The molecule has 0 radical (unpaired) electrons. The molecule has 1 aliphatic heterocycles. The second-order valence-electron chi connectivity index (χ2n) is 9.22. The highest BCUT2D eigenvalue weighted by molar-refractivity contribution is 14.0. The van der Waals surface area contributed by atoms with Crippen molar-refractivity contribution in [2.24, 2.45) is 18.0 Å². The Morgan fingerprint density at radius 3 is 2.48 bits per heavy atom. The predicted molar refractivity (Wildman–Crippen MR) is 147 cm³/mol. The van der Waals surface area contributed by atoms with Crippen LogP contribution in [-0.2, 0) is 20.1 Å². The molecule has 7 nitrogen and oxygen atoms in total. The van der Waals surface area contributed by atoms with Crippen molar-refractivity contribution in [2.45, 2.75) is 45.7 Å². The van der Waals surface area contributed by atoms with E-state index in [1.807, 2.05) is 30.9 Å². The Labute approximate surface area is 216 Å². The molecule has 3 rings (SSSR count). The molecular weight excluding hydrogens is 527 g/mol. The molecule has 2 aromatic rings. The van der Waals surface area contributed by atoms with Gasteiger partial charge in [-0.3, -0.25) is 14.6 Å². The van der Waals surface area contributed by atoms with Crippen molar-refractivity contribution in [1.29, 1.82) is 0 Å². The van der Waals surface area contributed by atoms with Crippen LogP contribution < -0.4 is 10.1 Å². The first kappa shape index (κ1) is 27.4. The zero-order valence-corrected chi connectivity index (χ0v) is 23.4. The molecule has 0 unspecified atom stereocenters. The van der Waals surface area contributed by atoms with E-state index in [9.17, 15) is 0 Å². The van der Waals surface area contributed by atoms with E-state index in [1.54, 1.807) is 7.11 Å². The molecular formula is C25H41IN6O. The van der Waals surface area contributed by atoms with E-state index in [1.165, 1.54) is 29.7 Å². The minimum atomic E-state index is 0. The molecule has 1 aromatic carbocycles. The van der Waals surface area contributed by atoms with Gasteiger partial charge in [0.2, 0.25) is 0 Å². The number of aliphatic imine (C=N–C) groups is 1. The topological polar surface area (TPSA) is 57.9 Å². The van der Waals surface area contributed by atoms with E-state index >= 15 is 0 Å². The molecule has 2 heterocycles. The number of likely N-dealkylation sites (tertiary alicyclic amines) is 1. The fraction of sp³-hybridized carbons (Fsp3) is 0.600. The highest BCUT2D eigenvalue weighted by atomic mass is 127. The Hall–Kier alpha value is -1.81. The summed E-state index contributed by atoms with van der Waals surface area (Å²) in [7, 11) is 7.66. The molecule has 1 aliphatic rings.